The quantitative estimate of drug-likeness (QED) is 0.752. The Kier molecular flexibility index (Phi) is 5.46. The van der Waals surface area contributed by atoms with Gasteiger partial charge in [0, 0.05) is 19.2 Å². The maximum atomic E-state index is 6.02. The topological polar surface area (TPSA) is 12.0 Å². The van der Waals surface area contributed by atoms with E-state index in [1.54, 1.807) is 0 Å². The maximum Gasteiger partial charge on any atom is 0.0682 e. The van der Waals surface area contributed by atoms with Crippen LogP contribution in [0.5, 0.6) is 0 Å². The van der Waals surface area contributed by atoms with Crippen LogP contribution in [-0.2, 0) is 6.42 Å². The van der Waals surface area contributed by atoms with Crippen LogP contribution in [0.3, 0.4) is 0 Å². The summed E-state index contributed by atoms with van der Waals surface area (Å²) in [5, 5.41) is 4.31. The van der Waals surface area contributed by atoms with E-state index in [9.17, 15) is 0 Å². The van der Waals surface area contributed by atoms with Gasteiger partial charge in [-0.15, -0.1) is 11.3 Å². The number of aryl methyl sites for hydroxylation is 1. The molecule has 2 rings (SSSR count). The van der Waals surface area contributed by atoms with Crippen molar-refractivity contribution in [3.63, 3.8) is 0 Å². The van der Waals surface area contributed by atoms with Crippen molar-refractivity contribution in [1.29, 1.82) is 0 Å². The van der Waals surface area contributed by atoms with Crippen molar-refractivity contribution >= 4 is 38.9 Å². The van der Waals surface area contributed by atoms with Gasteiger partial charge in [-0.1, -0.05) is 47.4 Å². The summed E-state index contributed by atoms with van der Waals surface area (Å²) < 4.78 is 1.05. The lowest BCUT2D eigenvalue weighted by molar-refractivity contribution is 0.637. The third kappa shape index (κ3) is 3.60. The minimum Gasteiger partial charge on any atom is -0.306 e. The Bertz CT molecular complexity index is 553. The summed E-state index contributed by atoms with van der Waals surface area (Å²) in [7, 11) is 0. The molecule has 1 aromatic heterocycles. The molecule has 1 aromatic carbocycles. The Balaban J connectivity index is 2.38. The van der Waals surface area contributed by atoms with Gasteiger partial charge < -0.3 is 5.32 Å². The van der Waals surface area contributed by atoms with Crippen molar-refractivity contribution in [3.8, 4) is 0 Å². The molecule has 2 aromatic rings. The molecule has 0 saturated carbocycles. The van der Waals surface area contributed by atoms with Crippen LogP contribution in [0.2, 0.25) is 5.02 Å². The van der Waals surface area contributed by atoms with E-state index in [1.165, 1.54) is 15.3 Å². The number of nitrogens with one attached hydrogen (secondary N) is 1. The minimum absolute atomic E-state index is 0.224. The summed E-state index contributed by atoms with van der Waals surface area (Å²) in [6.07, 6.45) is 1.09. The highest BCUT2D eigenvalue weighted by Gasteiger charge is 2.17. The molecule has 0 bridgehead atoms. The Morgan fingerprint density at radius 3 is 2.63 bits per heavy atom. The molecular formula is C15H17BrClNS. The first kappa shape index (κ1) is 15.0. The molecule has 0 aliphatic rings. The van der Waals surface area contributed by atoms with Crippen molar-refractivity contribution < 1.29 is 0 Å². The highest BCUT2D eigenvalue weighted by Crippen LogP contribution is 2.34. The SMILES string of the molecule is CCNC(c1ccc(CC)s1)c1ccc(Cl)cc1Br. The predicted molar refractivity (Wildman–Crippen MR) is 88.4 cm³/mol. The summed E-state index contributed by atoms with van der Waals surface area (Å²) in [4.78, 5) is 2.77. The van der Waals surface area contributed by atoms with E-state index < -0.39 is 0 Å². The second-order valence-electron chi connectivity index (χ2n) is 4.31. The van der Waals surface area contributed by atoms with Gasteiger partial charge in [0.05, 0.1) is 6.04 Å². The fourth-order valence-corrected chi connectivity index (χ4v) is 4.00. The molecule has 1 unspecified atom stereocenters. The highest BCUT2D eigenvalue weighted by atomic mass is 79.9. The molecular weight excluding hydrogens is 342 g/mol. The average molecular weight is 359 g/mol. The van der Waals surface area contributed by atoms with Crippen LogP contribution < -0.4 is 5.32 Å². The van der Waals surface area contributed by atoms with Gasteiger partial charge in [0.15, 0.2) is 0 Å². The van der Waals surface area contributed by atoms with Crippen LogP contribution in [-0.4, -0.2) is 6.54 Å². The fraction of sp³-hybridized carbons (Fsp3) is 0.333. The van der Waals surface area contributed by atoms with Gasteiger partial charge in [0.2, 0.25) is 0 Å². The molecule has 102 valence electrons. The molecule has 19 heavy (non-hydrogen) atoms. The van der Waals surface area contributed by atoms with E-state index in [4.69, 9.17) is 11.6 Å². The average Bonchev–Trinajstić information content (AvgIpc) is 2.85. The maximum absolute atomic E-state index is 6.02. The van der Waals surface area contributed by atoms with Gasteiger partial charge in [0.1, 0.15) is 0 Å². The zero-order valence-electron chi connectivity index (χ0n) is 11.0. The number of benzene rings is 1. The Hall–Kier alpha value is -0.350. The first-order chi connectivity index (χ1) is 9.15. The molecule has 1 N–H and O–H groups in total. The first-order valence-electron chi connectivity index (χ1n) is 6.42. The van der Waals surface area contributed by atoms with E-state index in [2.05, 4.69) is 53.3 Å². The van der Waals surface area contributed by atoms with Crippen LogP contribution in [0.1, 0.15) is 35.2 Å². The van der Waals surface area contributed by atoms with Gasteiger partial charge in [-0.25, -0.2) is 0 Å². The predicted octanol–water partition coefficient (Wildman–Crippen LogP) is 5.43. The lowest BCUT2D eigenvalue weighted by Crippen LogP contribution is -2.21. The Labute approximate surface area is 132 Å². The summed E-state index contributed by atoms with van der Waals surface area (Å²) in [6, 6.07) is 10.6. The molecule has 0 radical (unpaired) electrons. The zero-order valence-corrected chi connectivity index (χ0v) is 14.2. The van der Waals surface area contributed by atoms with E-state index >= 15 is 0 Å². The summed E-state index contributed by atoms with van der Waals surface area (Å²) in [5.41, 5.74) is 1.23. The molecule has 0 aliphatic carbocycles. The van der Waals surface area contributed by atoms with E-state index in [0.29, 0.717) is 0 Å². The largest absolute Gasteiger partial charge is 0.306 e. The molecule has 4 heteroatoms. The third-order valence-electron chi connectivity index (χ3n) is 3.00. The molecule has 1 atom stereocenters. The van der Waals surface area contributed by atoms with Gasteiger partial charge >= 0.3 is 0 Å². The Morgan fingerprint density at radius 1 is 1.26 bits per heavy atom. The number of halogens is 2. The van der Waals surface area contributed by atoms with Crippen molar-refractivity contribution in [2.75, 3.05) is 6.54 Å². The fourth-order valence-electron chi connectivity index (χ4n) is 2.04. The van der Waals surface area contributed by atoms with Crippen molar-refractivity contribution in [1.82, 2.24) is 5.32 Å². The van der Waals surface area contributed by atoms with Crippen LogP contribution in [0.4, 0.5) is 0 Å². The standard InChI is InChI=1S/C15H17BrClNS/c1-3-11-6-8-14(19-11)15(18-4-2)12-7-5-10(17)9-13(12)16/h5-9,15,18H,3-4H2,1-2H3. The van der Waals surface area contributed by atoms with E-state index in [1.807, 2.05) is 23.5 Å². The molecule has 0 spiro atoms. The molecule has 1 nitrogen and oxygen atoms in total. The third-order valence-corrected chi connectivity index (χ3v) is 5.21. The van der Waals surface area contributed by atoms with Crippen LogP contribution in [0, 0.1) is 0 Å². The van der Waals surface area contributed by atoms with Crippen molar-refractivity contribution in [2.24, 2.45) is 0 Å². The van der Waals surface area contributed by atoms with Gasteiger partial charge in [-0.05, 0) is 42.8 Å². The molecule has 0 saturated heterocycles. The monoisotopic (exact) mass is 357 g/mol. The van der Waals surface area contributed by atoms with Crippen molar-refractivity contribution in [3.05, 3.63) is 55.1 Å². The zero-order chi connectivity index (χ0) is 13.8. The lowest BCUT2D eigenvalue weighted by Gasteiger charge is -2.18. The normalized spacial score (nSPS) is 12.6. The number of hydrogen-bond donors (Lipinski definition) is 1. The second kappa shape index (κ2) is 6.89. The molecule has 1 heterocycles. The van der Waals surface area contributed by atoms with Crippen LogP contribution >= 0.6 is 38.9 Å². The summed E-state index contributed by atoms with van der Waals surface area (Å²) in [6.45, 7) is 5.25. The molecule has 0 fully saturated rings. The molecule has 0 amide bonds. The summed E-state index contributed by atoms with van der Waals surface area (Å²) >= 11 is 11.5. The Morgan fingerprint density at radius 2 is 2.05 bits per heavy atom. The van der Waals surface area contributed by atoms with E-state index in [-0.39, 0.29) is 6.04 Å². The highest BCUT2D eigenvalue weighted by molar-refractivity contribution is 9.10. The van der Waals surface area contributed by atoms with E-state index in [0.717, 1.165) is 22.5 Å². The molecule has 0 aliphatic heterocycles. The summed E-state index contributed by atoms with van der Waals surface area (Å²) in [5.74, 6) is 0. The second-order valence-corrected chi connectivity index (χ2v) is 6.80. The van der Waals surface area contributed by atoms with Gasteiger partial charge in [0.25, 0.3) is 0 Å². The van der Waals surface area contributed by atoms with Crippen LogP contribution in [0.25, 0.3) is 0 Å². The lowest BCUT2D eigenvalue weighted by atomic mass is 10.1. The minimum atomic E-state index is 0.224. The van der Waals surface area contributed by atoms with Crippen molar-refractivity contribution in [2.45, 2.75) is 26.3 Å². The first-order valence-corrected chi connectivity index (χ1v) is 8.41. The van der Waals surface area contributed by atoms with Gasteiger partial charge in [-0.2, -0.15) is 0 Å². The number of hydrogen-bond acceptors (Lipinski definition) is 2. The number of rotatable bonds is 5. The van der Waals surface area contributed by atoms with Gasteiger partial charge in [-0.3, -0.25) is 0 Å². The number of thiophene rings is 1. The van der Waals surface area contributed by atoms with Crippen LogP contribution in [0.15, 0.2) is 34.8 Å². The smallest absolute Gasteiger partial charge is 0.0682 e.